The number of carbonyl (C=O) groups excluding carboxylic acids is 2. The second-order valence-corrected chi connectivity index (χ2v) is 7.04. The summed E-state index contributed by atoms with van der Waals surface area (Å²) in [5.74, 6) is -11.8. The minimum atomic E-state index is -2.34. The van der Waals surface area contributed by atoms with Crippen molar-refractivity contribution < 1.29 is 75.3 Å². The van der Waals surface area contributed by atoms with Crippen molar-refractivity contribution in [3.05, 3.63) is 23.3 Å². The van der Waals surface area contributed by atoms with E-state index < -0.39 is 99.7 Å². The highest BCUT2D eigenvalue weighted by Crippen LogP contribution is 2.53. The molecule has 0 amide bonds. The zero-order valence-electron chi connectivity index (χ0n) is 17.3. The van der Waals surface area contributed by atoms with E-state index in [9.17, 15) is 65.4 Å². The molecule has 0 fully saturated rings. The molecule has 0 aromatic heterocycles. The van der Waals surface area contributed by atoms with E-state index in [0.29, 0.717) is 0 Å². The summed E-state index contributed by atoms with van der Waals surface area (Å²) in [5, 5.41) is 107. The molecule has 4 atom stereocenters. The number of hydrogen-bond donors (Lipinski definition) is 11. The van der Waals surface area contributed by atoms with E-state index in [4.69, 9.17) is 5.11 Å². The number of hydrogen-bond acceptors (Lipinski definition) is 14. The zero-order valence-corrected chi connectivity index (χ0v) is 17.3. The van der Waals surface area contributed by atoms with E-state index >= 15 is 0 Å². The van der Waals surface area contributed by atoms with Crippen LogP contribution in [0.4, 0.5) is 0 Å². The van der Waals surface area contributed by atoms with Crippen LogP contribution >= 0.6 is 0 Å². The van der Waals surface area contributed by atoms with Crippen LogP contribution in [0.3, 0.4) is 0 Å². The van der Waals surface area contributed by atoms with Crippen LogP contribution in [0.25, 0.3) is 11.1 Å². The van der Waals surface area contributed by atoms with Crippen LogP contribution in [0.1, 0.15) is 20.7 Å². The average molecular weight is 500 g/mol. The van der Waals surface area contributed by atoms with Crippen molar-refractivity contribution in [1.82, 2.24) is 0 Å². The normalized spacial score (nSPS) is 14.5. The number of esters is 1. The third-order valence-electron chi connectivity index (χ3n) is 4.89. The molecule has 0 bridgehead atoms. The van der Waals surface area contributed by atoms with E-state index in [1.807, 2.05) is 0 Å². The van der Waals surface area contributed by atoms with Gasteiger partial charge in [-0.1, -0.05) is 0 Å². The van der Waals surface area contributed by atoms with Crippen molar-refractivity contribution in [1.29, 1.82) is 0 Å². The summed E-state index contributed by atoms with van der Waals surface area (Å²) in [6, 6.07) is 1.46. The van der Waals surface area contributed by atoms with E-state index in [-0.39, 0.29) is 6.29 Å². The molecule has 0 aliphatic carbocycles. The SMILES string of the molecule is O=C[C@H](OC(=O)c1c(O)c(O)c(O)c(O)c1-c1ccc(O)c(O)c1C(=O)O)[C@@H](O)[C@H](O)[C@H](O)CO. The summed E-state index contributed by atoms with van der Waals surface area (Å²) < 4.78 is 4.68. The monoisotopic (exact) mass is 500 g/mol. The Balaban J connectivity index is 2.76. The third kappa shape index (κ3) is 4.82. The van der Waals surface area contributed by atoms with Gasteiger partial charge in [0.15, 0.2) is 35.4 Å². The second-order valence-electron chi connectivity index (χ2n) is 7.04. The number of aliphatic hydroxyl groups excluding tert-OH is 4. The lowest BCUT2D eigenvalue weighted by molar-refractivity contribution is -0.138. The Kier molecular flexibility index (Phi) is 7.93. The molecule has 0 heterocycles. The predicted molar refractivity (Wildman–Crippen MR) is 109 cm³/mol. The fourth-order valence-electron chi connectivity index (χ4n) is 3.05. The van der Waals surface area contributed by atoms with Gasteiger partial charge in [0.05, 0.1) is 6.61 Å². The lowest BCUT2D eigenvalue weighted by Crippen LogP contribution is -2.48. The summed E-state index contributed by atoms with van der Waals surface area (Å²) in [7, 11) is 0. The average Bonchev–Trinajstić information content (AvgIpc) is 2.82. The summed E-state index contributed by atoms with van der Waals surface area (Å²) in [4.78, 5) is 35.9. The van der Waals surface area contributed by atoms with E-state index in [0.717, 1.165) is 12.1 Å². The van der Waals surface area contributed by atoms with Crippen LogP contribution in [0.2, 0.25) is 0 Å². The van der Waals surface area contributed by atoms with Gasteiger partial charge in [-0.05, 0) is 12.1 Å². The molecule has 2 aromatic rings. The first-order valence-electron chi connectivity index (χ1n) is 9.39. The molecule has 0 aliphatic heterocycles. The number of benzene rings is 2. The Bertz CT molecular complexity index is 1160. The van der Waals surface area contributed by atoms with Crippen LogP contribution in [0.5, 0.6) is 34.5 Å². The number of carboxylic acids is 1. The molecule has 15 nitrogen and oxygen atoms in total. The first-order chi connectivity index (χ1) is 16.3. The minimum absolute atomic E-state index is 0.220. The van der Waals surface area contributed by atoms with Gasteiger partial charge in [0.2, 0.25) is 11.5 Å². The van der Waals surface area contributed by atoms with Crippen LogP contribution in [0.15, 0.2) is 12.1 Å². The Morgan fingerprint density at radius 3 is 1.91 bits per heavy atom. The fraction of sp³-hybridized carbons (Fsp3) is 0.250. The van der Waals surface area contributed by atoms with E-state index in [1.54, 1.807) is 0 Å². The zero-order chi connectivity index (χ0) is 26.8. The van der Waals surface area contributed by atoms with Gasteiger partial charge in [-0.15, -0.1) is 0 Å². The summed E-state index contributed by atoms with van der Waals surface area (Å²) in [6.45, 7) is -1.06. The highest BCUT2D eigenvalue weighted by Gasteiger charge is 2.37. The van der Waals surface area contributed by atoms with Crippen LogP contribution < -0.4 is 0 Å². The molecule has 2 rings (SSSR count). The van der Waals surface area contributed by atoms with Crippen molar-refractivity contribution in [2.24, 2.45) is 0 Å². The van der Waals surface area contributed by atoms with Gasteiger partial charge in [0.25, 0.3) is 0 Å². The van der Waals surface area contributed by atoms with Gasteiger partial charge < -0.3 is 60.9 Å². The number of carboxylic acid groups (broad SMARTS) is 1. The van der Waals surface area contributed by atoms with Crippen molar-refractivity contribution in [3.8, 4) is 45.6 Å². The number of phenols is 6. The van der Waals surface area contributed by atoms with Gasteiger partial charge in [-0.25, -0.2) is 9.59 Å². The number of aliphatic hydroxyl groups is 4. The lowest BCUT2D eigenvalue weighted by atomic mass is 9.92. The number of phenolic OH excluding ortho intramolecular Hbond substituents is 5. The molecule has 11 N–H and O–H groups in total. The van der Waals surface area contributed by atoms with Crippen LogP contribution in [0, 0.1) is 0 Å². The minimum Gasteiger partial charge on any atom is -0.504 e. The summed E-state index contributed by atoms with van der Waals surface area (Å²) in [6.07, 6.45) is -9.03. The highest BCUT2D eigenvalue weighted by atomic mass is 16.6. The van der Waals surface area contributed by atoms with Gasteiger partial charge in [0, 0.05) is 11.1 Å². The smallest absolute Gasteiger partial charge is 0.343 e. The van der Waals surface area contributed by atoms with Crippen LogP contribution in [-0.2, 0) is 9.53 Å². The molecule has 0 unspecified atom stereocenters. The summed E-state index contributed by atoms with van der Waals surface area (Å²) >= 11 is 0. The largest absolute Gasteiger partial charge is 0.504 e. The fourth-order valence-corrected chi connectivity index (χ4v) is 3.05. The van der Waals surface area contributed by atoms with Gasteiger partial charge >= 0.3 is 11.9 Å². The Hall–Kier alpha value is -4.31. The molecule has 0 spiro atoms. The summed E-state index contributed by atoms with van der Waals surface area (Å²) in [5.41, 5.74) is -4.25. The topological polar surface area (TPSA) is 283 Å². The number of carbonyl (C=O) groups is 3. The molecule has 0 saturated carbocycles. The lowest BCUT2D eigenvalue weighted by Gasteiger charge is -2.26. The van der Waals surface area contributed by atoms with Gasteiger partial charge in [-0.2, -0.15) is 0 Å². The van der Waals surface area contributed by atoms with E-state index in [2.05, 4.69) is 4.74 Å². The molecule has 0 saturated heterocycles. The van der Waals surface area contributed by atoms with Crippen molar-refractivity contribution >= 4 is 18.2 Å². The molecule has 15 heteroatoms. The molecular formula is C20H20O15. The first kappa shape index (κ1) is 26.9. The molecule has 190 valence electrons. The maximum absolute atomic E-state index is 12.8. The molecular weight excluding hydrogens is 480 g/mol. The van der Waals surface area contributed by atoms with Crippen molar-refractivity contribution in [3.63, 3.8) is 0 Å². The van der Waals surface area contributed by atoms with E-state index in [1.165, 1.54) is 0 Å². The first-order valence-corrected chi connectivity index (χ1v) is 9.39. The second kappa shape index (κ2) is 10.3. The standard InChI is InChI=1S/C20H20O15/c21-3-7(24)13(26)14(27)8(4-22)35-20(34)11-9(15(28)17(30)18(31)16(11)29)5-1-2-6(23)12(25)10(5)19(32)33/h1-2,4,7-8,13-14,21,23-31H,3H2,(H,32,33)/t7-,8+,13-,14-/m1/s1. The Morgan fingerprint density at radius 2 is 1.40 bits per heavy atom. The van der Waals surface area contributed by atoms with Crippen molar-refractivity contribution in [2.75, 3.05) is 6.61 Å². The quantitative estimate of drug-likeness (QED) is 0.0774. The number of aromatic carboxylic acids is 1. The maximum atomic E-state index is 12.8. The van der Waals surface area contributed by atoms with Gasteiger partial charge in [0.1, 0.15) is 29.4 Å². The maximum Gasteiger partial charge on any atom is 0.343 e. The number of aromatic hydroxyl groups is 6. The Morgan fingerprint density at radius 1 is 0.829 bits per heavy atom. The third-order valence-corrected chi connectivity index (χ3v) is 4.89. The van der Waals surface area contributed by atoms with Crippen LogP contribution in [-0.4, -0.2) is 105 Å². The number of rotatable bonds is 9. The predicted octanol–water partition coefficient (Wildman–Crippen LogP) is -1.92. The van der Waals surface area contributed by atoms with Crippen molar-refractivity contribution in [2.45, 2.75) is 24.4 Å². The van der Waals surface area contributed by atoms with Gasteiger partial charge in [-0.3, -0.25) is 4.79 Å². The highest BCUT2D eigenvalue weighted by molar-refractivity contribution is 6.09. The molecule has 35 heavy (non-hydrogen) atoms. The molecule has 0 radical (unpaired) electrons. The molecule has 0 aliphatic rings. The number of aldehydes is 1. The molecule has 2 aromatic carbocycles. The number of ether oxygens (including phenoxy) is 1. The Labute approximate surface area is 194 Å².